The molecule has 126 valence electrons. The summed E-state index contributed by atoms with van der Waals surface area (Å²) < 4.78 is 2.69. The van der Waals surface area contributed by atoms with Crippen LogP contribution in [-0.4, -0.2) is 63.3 Å². The number of rotatable bonds is 2. The summed E-state index contributed by atoms with van der Waals surface area (Å²) >= 11 is 3.45. The van der Waals surface area contributed by atoms with E-state index in [1.165, 1.54) is 0 Å². The fourth-order valence-corrected chi connectivity index (χ4v) is 3.99. The van der Waals surface area contributed by atoms with Gasteiger partial charge in [0, 0.05) is 55.3 Å². The fraction of sp³-hybridized carbons (Fsp3) is 0.438. The first-order chi connectivity index (χ1) is 11.6. The van der Waals surface area contributed by atoms with Crippen molar-refractivity contribution < 1.29 is 9.59 Å². The van der Waals surface area contributed by atoms with Gasteiger partial charge in [-0.05, 0) is 34.8 Å². The Morgan fingerprint density at radius 3 is 2.79 bits per heavy atom. The van der Waals surface area contributed by atoms with E-state index in [2.05, 4.69) is 26.2 Å². The van der Waals surface area contributed by atoms with E-state index in [1.807, 2.05) is 32.7 Å². The predicted molar refractivity (Wildman–Crippen MR) is 91.9 cm³/mol. The highest BCUT2D eigenvalue weighted by Crippen LogP contribution is 2.23. The van der Waals surface area contributed by atoms with Gasteiger partial charge in [0.2, 0.25) is 0 Å². The molecule has 0 spiro atoms. The first kappa shape index (κ1) is 15.4. The average molecular weight is 392 g/mol. The number of urea groups is 1. The van der Waals surface area contributed by atoms with Gasteiger partial charge in [-0.1, -0.05) is 0 Å². The summed E-state index contributed by atoms with van der Waals surface area (Å²) in [5.74, 6) is -0.00294. The highest BCUT2D eigenvalue weighted by Gasteiger charge is 2.32. The monoisotopic (exact) mass is 391 g/mol. The van der Waals surface area contributed by atoms with Gasteiger partial charge in [0.15, 0.2) is 0 Å². The second-order valence-corrected chi connectivity index (χ2v) is 7.09. The molecule has 2 aliphatic heterocycles. The quantitative estimate of drug-likeness (QED) is 0.847. The van der Waals surface area contributed by atoms with Crippen molar-refractivity contribution in [2.75, 3.05) is 26.2 Å². The van der Waals surface area contributed by atoms with Crippen molar-refractivity contribution >= 4 is 33.5 Å². The molecule has 0 unspecified atom stereocenters. The summed E-state index contributed by atoms with van der Waals surface area (Å²) in [5.41, 5.74) is 1.27. The molecule has 3 amide bonds. The van der Waals surface area contributed by atoms with E-state index in [4.69, 9.17) is 0 Å². The molecule has 4 heterocycles. The number of carbonyl (C=O) groups is 2. The Hall–Kier alpha value is -2.09. The zero-order valence-corrected chi connectivity index (χ0v) is 14.7. The molecule has 2 aromatic heterocycles. The Bertz CT molecular complexity index is 797. The highest BCUT2D eigenvalue weighted by molar-refractivity contribution is 9.10. The van der Waals surface area contributed by atoms with E-state index in [9.17, 15) is 9.59 Å². The fourth-order valence-electron chi connectivity index (χ4n) is 3.54. The summed E-state index contributed by atoms with van der Waals surface area (Å²) in [5, 5.41) is 2.84. The van der Waals surface area contributed by atoms with Gasteiger partial charge in [0.25, 0.3) is 5.91 Å². The molecular weight excluding hydrogens is 374 g/mol. The number of amides is 3. The number of hydrogen-bond acceptors (Lipinski definition) is 3. The number of nitrogens with one attached hydrogen (secondary N) is 1. The van der Waals surface area contributed by atoms with E-state index in [1.54, 1.807) is 6.20 Å². The number of carbonyl (C=O) groups excluding carboxylic acids is 2. The van der Waals surface area contributed by atoms with Crippen LogP contribution in [0.25, 0.3) is 5.65 Å². The van der Waals surface area contributed by atoms with Gasteiger partial charge in [-0.3, -0.25) is 4.79 Å². The van der Waals surface area contributed by atoms with E-state index in [0.717, 1.165) is 23.9 Å². The minimum absolute atomic E-state index is 0.00294. The maximum atomic E-state index is 12.9. The van der Waals surface area contributed by atoms with Crippen LogP contribution in [0, 0.1) is 0 Å². The zero-order chi connectivity index (χ0) is 16.7. The third-order valence-electron chi connectivity index (χ3n) is 4.77. The number of imidazole rings is 1. The van der Waals surface area contributed by atoms with Crippen molar-refractivity contribution in [3.63, 3.8) is 0 Å². The van der Waals surface area contributed by atoms with Crippen LogP contribution in [0.2, 0.25) is 0 Å². The smallest absolute Gasteiger partial charge is 0.317 e. The summed E-state index contributed by atoms with van der Waals surface area (Å²) in [6.45, 7) is 2.80. The van der Waals surface area contributed by atoms with Gasteiger partial charge >= 0.3 is 6.03 Å². The molecule has 0 radical (unpaired) electrons. The van der Waals surface area contributed by atoms with Crippen LogP contribution in [-0.2, 0) is 0 Å². The van der Waals surface area contributed by atoms with Crippen LogP contribution < -0.4 is 5.32 Å². The molecule has 0 atom stereocenters. The summed E-state index contributed by atoms with van der Waals surface area (Å²) in [6.07, 6.45) is 7.04. The molecule has 8 heteroatoms. The van der Waals surface area contributed by atoms with Crippen LogP contribution in [0.15, 0.2) is 29.1 Å². The van der Waals surface area contributed by atoms with Gasteiger partial charge in [0.05, 0.1) is 5.56 Å². The topological polar surface area (TPSA) is 70.0 Å². The normalized spacial score (nSPS) is 19.1. The maximum absolute atomic E-state index is 12.9. The molecule has 7 nitrogen and oxygen atoms in total. The van der Waals surface area contributed by atoms with Crippen molar-refractivity contribution in [3.8, 4) is 0 Å². The molecule has 0 saturated carbocycles. The van der Waals surface area contributed by atoms with Crippen molar-refractivity contribution in [3.05, 3.63) is 34.7 Å². The number of nitrogens with zero attached hydrogens (tertiary/aromatic N) is 4. The largest absolute Gasteiger partial charge is 0.338 e. The Balaban J connectivity index is 1.50. The van der Waals surface area contributed by atoms with Crippen molar-refractivity contribution in [2.45, 2.75) is 18.9 Å². The number of pyridine rings is 1. The van der Waals surface area contributed by atoms with Crippen molar-refractivity contribution in [2.24, 2.45) is 0 Å². The molecule has 0 aromatic carbocycles. The average Bonchev–Trinajstić information content (AvgIpc) is 3.22. The van der Waals surface area contributed by atoms with Gasteiger partial charge in [-0.25, -0.2) is 9.78 Å². The van der Waals surface area contributed by atoms with Gasteiger partial charge in [0.1, 0.15) is 5.65 Å². The van der Waals surface area contributed by atoms with E-state index in [0.29, 0.717) is 30.8 Å². The van der Waals surface area contributed by atoms with Crippen molar-refractivity contribution in [1.29, 1.82) is 0 Å². The SMILES string of the molecule is O=C(c1cc(Br)cn2ccnc12)N1CCC(N2CCNC2=O)CC1. The molecule has 24 heavy (non-hydrogen) atoms. The molecule has 2 aliphatic rings. The minimum Gasteiger partial charge on any atom is -0.338 e. The van der Waals surface area contributed by atoms with Gasteiger partial charge in [-0.2, -0.15) is 0 Å². The first-order valence-electron chi connectivity index (χ1n) is 8.09. The number of likely N-dealkylation sites (tertiary alicyclic amines) is 1. The molecule has 2 aromatic rings. The number of piperidine rings is 1. The third kappa shape index (κ3) is 2.64. The summed E-state index contributed by atoms with van der Waals surface area (Å²) in [7, 11) is 0. The molecule has 4 rings (SSSR count). The van der Waals surface area contributed by atoms with Crippen LogP contribution in [0.5, 0.6) is 0 Å². The Kier molecular flexibility index (Phi) is 3.91. The van der Waals surface area contributed by atoms with Crippen LogP contribution >= 0.6 is 15.9 Å². The number of aromatic nitrogens is 2. The van der Waals surface area contributed by atoms with Crippen LogP contribution in [0.1, 0.15) is 23.2 Å². The third-order valence-corrected chi connectivity index (χ3v) is 5.20. The molecule has 2 saturated heterocycles. The standard InChI is InChI=1S/C16H18BrN5O2/c17-11-9-13(14-18-3-7-21(14)10-11)15(23)20-5-1-12(2-6-20)22-8-4-19-16(22)24/h3,7,9-10,12H,1-2,4-6,8H2,(H,19,24). The number of hydrogen-bond donors (Lipinski definition) is 1. The molecule has 1 N–H and O–H groups in total. The second kappa shape index (κ2) is 6.08. The molecular formula is C16H18BrN5O2. The zero-order valence-electron chi connectivity index (χ0n) is 13.1. The lowest BCUT2D eigenvalue weighted by atomic mass is 10.0. The molecule has 0 bridgehead atoms. The predicted octanol–water partition coefficient (Wildman–Crippen LogP) is 1.73. The van der Waals surface area contributed by atoms with Crippen LogP contribution in [0.3, 0.4) is 0 Å². The Labute approximate surface area is 147 Å². The van der Waals surface area contributed by atoms with Gasteiger partial charge < -0.3 is 19.5 Å². The van der Waals surface area contributed by atoms with Crippen LogP contribution in [0.4, 0.5) is 4.79 Å². The Morgan fingerprint density at radius 2 is 2.08 bits per heavy atom. The lowest BCUT2D eigenvalue weighted by Gasteiger charge is -2.36. The summed E-state index contributed by atoms with van der Waals surface area (Å²) in [4.78, 5) is 32.8. The lowest BCUT2D eigenvalue weighted by molar-refractivity contribution is 0.0667. The maximum Gasteiger partial charge on any atom is 0.317 e. The highest BCUT2D eigenvalue weighted by atomic mass is 79.9. The Morgan fingerprint density at radius 1 is 1.29 bits per heavy atom. The number of fused-ring (bicyclic) bond motifs is 1. The van der Waals surface area contributed by atoms with Crippen molar-refractivity contribution in [1.82, 2.24) is 24.5 Å². The first-order valence-corrected chi connectivity index (χ1v) is 8.89. The molecule has 2 fully saturated rings. The lowest BCUT2D eigenvalue weighted by Crippen LogP contribution is -2.47. The summed E-state index contributed by atoms with van der Waals surface area (Å²) in [6, 6.07) is 2.07. The molecule has 0 aliphatic carbocycles. The van der Waals surface area contributed by atoms with E-state index in [-0.39, 0.29) is 18.0 Å². The minimum atomic E-state index is -0.00294. The number of halogens is 1. The van der Waals surface area contributed by atoms with E-state index >= 15 is 0 Å². The van der Waals surface area contributed by atoms with Gasteiger partial charge in [-0.15, -0.1) is 0 Å². The van der Waals surface area contributed by atoms with E-state index < -0.39 is 0 Å². The second-order valence-electron chi connectivity index (χ2n) is 6.18.